The Balaban J connectivity index is 1.67. The number of carbonyl (C=O) groups excluding carboxylic acids is 1. The van der Waals surface area contributed by atoms with Gasteiger partial charge in [0.1, 0.15) is 10.7 Å². The highest BCUT2D eigenvalue weighted by Crippen LogP contribution is 2.36. The Labute approximate surface area is 232 Å². The molecule has 2 atom stereocenters. The Morgan fingerprint density at radius 1 is 1.21 bits per heavy atom. The van der Waals surface area contributed by atoms with Crippen LogP contribution < -0.4 is 5.32 Å². The molecule has 0 saturated carbocycles. The Kier molecular flexibility index (Phi) is 11.2. The van der Waals surface area contributed by atoms with Gasteiger partial charge in [-0.15, -0.1) is 0 Å². The minimum atomic E-state index is -1.15. The summed E-state index contributed by atoms with van der Waals surface area (Å²) in [6, 6.07) is 10.5. The quantitative estimate of drug-likeness (QED) is 0.253. The minimum Gasteiger partial charge on any atom is -0.369 e. The first-order valence-corrected chi connectivity index (χ1v) is 15.9. The van der Waals surface area contributed by atoms with E-state index in [9.17, 15) is 13.2 Å². The molecule has 1 aromatic rings. The molecular weight excluding hydrogens is 520 g/mol. The number of carbonyl (C=O) groups is 1. The summed E-state index contributed by atoms with van der Waals surface area (Å²) in [5.74, 6) is 1.23. The number of amidine groups is 1. The van der Waals surface area contributed by atoms with Gasteiger partial charge in [0.2, 0.25) is 5.91 Å². The van der Waals surface area contributed by atoms with Crippen molar-refractivity contribution in [1.29, 1.82) is 0 Å². The van der Waals surface area contributed by atoms with E-state index in [-0.39, 0.29) is 11.3 Å². The van der Waals surface area contributed by atoms with E-state index in [1.54, 1.807) is 32.3 Å². The third-order valence-electron chi connectivity index (χ3n) is 7.29. The molecule has 1 N–H and O–H groups in total. The average Bonchev–Trinajstić information content (AvgIpc) is 3.28. The molecule has 0 aromatic heterocycles. The van der Waals surface area contributed by atoms with Gasteiger partial charge in [0.15, 0.2) is 0 Å². The summed E-state index contributed by atoms with van der Waals surface area (Å²) in [6.07, 6.45) is 7.24. The van der Waals surface area contributed by atoms with Crippen LogP contribution in [0.3, 0.4) is 0 Å². The number of hydrogen-bond donors (Lipinski definition) is 1. The van der Waals surface area contributed by atoms with E-state index in [0.29, 0.717) is 42.3 Å². The number of piperidine rings is 1. The Hall–Kier alpha value is -2.37. The lowest BCUT2D eigenvalue weighted by Crippen LogP contribution is -2.48. The van der Waals surface area contributed by atoms with Gasteiger partial charge >= 0.3 is 0 Å². The first kappa shape index (κ1) is 30.2. The van der Waals surface area contributed by atoms with Crippen LogP contribution in [0, 0.1) is 0 Å². The standard InChI is InChI=1S/C27H42N6O3S2/c1-28-26(29-16-9-12-24(34)31(2)3)25-23(13-19-38(25)36)30-21-33-17-14-27(15-18-33,20-32(4)37(5)35)22-10-7-6-8-11-22/h6-8,10-11,21H,9,12-20H2,1-5H3,(H,28,29). The van der Waals surface area contributed by atoms with Crippen molar-refractivity contribution in [3.8, 4) is 0 Å². The van der Waals surface area contributed by atoms with Gasteiger partial charge in [-0.05, 0) is 31.9 Å². The molecule has 210 valence electrons. The molecule has 0 radical (unpaired) electrons. The average molecular weight is 563 g/mol. The molecule has 1 saturated heterocycles. The maximum atomic E-state index is 12.8. The first-order chi connectivity index (χ1) is 18.2. The molecule has 1 fully saturated rings. The highest BCUT2D eigenvalue weighted by molar-refractivity contribution is 7.90. The number of likely N-dealkylation sites (N-methyl/N-ethyl adjacent to an activating group) is 1. The topological polar surface area (TPSA) is 97.7 Å². The van der Waals surface area contributed by atoms with Crippen LogP contribution in [0.2, 0.25) is 0 Å². The maximum Gasteiger partial charge on any atom is 0.222 e. The summed E-state index contributed by atoms with van der Waals surface area (Å²) in [6.45, 7) is 2.98. The van der Waals surface area contributed by atoms with Gasteiger partial charge in [-0.1, -0.05) is 30.3 Å². The van der Waals surface area contributed by atoms with Crippen LogP contribution in [0.4, 0.5) is 0 Å². The van der Waals surface area contributed by atoms with Crippen molar-refractivity contribution in [2.24, 2.45) is 9.98 Å². The fraction of sp³-hybridized carbons (Fsp3) is 0.593. The number of rotatable bonds is 11. The molecular formula is C27H42N6O3S2. The number of amides is 1. The molecule has 2 unspecified atom stereocenters. The van der Waals surface area contributed by atoms with E-state index in [4.69, 9.17) is 4.99 Å². The van der Waals surface area contributed by atoms with Crippen LogP contribution in [-0.4, -0.2) is 107 Å². The lowest BCUT2D eigenvalue weighted by molar-refractivity contribution is -0.128. The maximum absolute atomic E-state index is 12.8. The van der Waals surface area contributed by atoms with Gasteiger partial charge in [-0.25, -0.2) is 13.5 Å². The molecule has 2 aliphatic rings. The number of nitrogens with one attached hydrogen (secondary N) is 1. The molecule has 11 heteroatoms. The summed E-state index contributed by atoms with van der Waals surface area (Å²) in [5, 5.41) is 3.27. The summed E-state index contributed by atoms with van der Waals surface area (Å²) < 4.78 is 26.9. The van der Waals surface area contributed by atoms with Gasteiger partial charge in [-0.2, -0.15) is 0 Å². The van der Waals surface area contributed by atoms with E-state index in [1.807, 2.05) is 23.8 Å². The molecule has 0 spiro atoms. The molecule has 9 nitrogen and oxygen atoms in total. The van der Waals surface area contributed by atoms with Gasteiger partial charge < -0.3 is 15.1 Å². The van der Waals surface area contributed by atoms with Crippen molar-refractivity contribution < 1.29 is 13.2 Å². The van der Waals surface area contributed by atoms with E-state index < -0.39 is 21.8 Å². The second-order valence-electron chi connectivity index (χ2n) is 10.1. The second-order valence-corrected chi connectivity index (χ2v) is 13.1. The number of benzene rings is 1. The van der Waals surface area contributed by atoms with Gasteiger partial charge in [0.25, 0.3) is 0 Å². The zero-order valence-corrected chi connectivity index (χ0v) is 24.9. The Bertz CT molecular complexity index is 1100. The van der Waals surface area contributed by atoms with E-state index in [1.165, 1.54) is 5.56 Å². The van der Waals surface area contributed by atoms with E-state index in [2.05, 4.69) is 39.5 Å². The highest BCUT2D eigenvalue weighted by atomic mass is 32.2. The zero-order valence-electron chi connectivity index (χ0n) is 23.3. The van der Waals surface area contributed by atoms with Crippen LogP contribution in [0.5, 0.6) is 0 Å². The van der Waals surface area contributed by atoms with Crippen LogP contribution in [0.15, 0.2) is 50.9 Å². The summed E-state index contributed by atoms with van der Waals surface area (Å²) >= 11 is 0. The fourth-order valence-corrected chi connectivity index (χ4v) is 6.71. The van der Waals surface area contributed by atoms with Crippen molar-refractivity contribution in [1.82, 2.24) is 19.4 Å². The monoisotopic (exact) mass is 562 g/mol. The molecule has 1 aromatic carbocycles. The predicted octanol–water partition coefficient (Wildman–Crippen LogP) is 2.12. The third kappa shape index (κ3) is 7.83. The Morgan fingerprint density at radius 3 is 2.50 bits per heavy atom. The smallest absolute Gasteiger partial charge is 0.222 e. The SMILES string of the molecule is CN=C(NCCCC(=O)N(C)C)C1=C(N=CN2CCC(CN(C)S(C)=O)(c3ccccc3)CC2)CCS1=O. The number of likely N-dealkylation sites (tertiary alicyclic amines) is 1. The third-order valence-corrected chi connectivity index (χ3v) is 9.76. The molecule has 2 aliphatic heterocycles. The van der Waals surface area contributed by atoms with Gasteiger partial charge in [0, 0.05) is 77.6 Å². The van der Waals surface area contributed by atoms with Crippen molar-refractivity contribution in [3.63, 3.8) is 0 Å². The van der Waals surface area contributed by atoms with Crippen LogP contribution in [0.25, 0.3) is 0 Å². The zero-order chi connectivity index (χ0) is 27.7. The van der Waals surface area contributed by atoms with Crippen molar-refractivity contribution in [2.75, 3.05) is 66.4 Å². The molecule has 1 amide bonds. The molecule has 2 heterocycles. The first-order valence-electron chi connectivity index (χ1n) is 13.1. The van der Waals surface area contributed by atoms with Crippen molar-refractivity contribution >= 4 is 39.9 Å². The van der Waals surface area contributed by atoms with Crippen LogP contribution in [0.1, 0.15) is 37.7 Å². The molecule has 0 bridgehead atoms. The van der Waals surface area contributed by atoms with Crippen molar-refractivity contribution in [2.45, 2.75) is 37.5 Å². The molecule has 3 rings (SSSR count). The number of nitrogens with zero attached hydrogens (tertiary/aromatic N) is 5. The molecule has 0 aliphatic carbocycles. The summed E-state index contributed by atoms with van der Waals surface area (Å²) in [7, 11) is 4.93. The predicted molar refractivity (Wildman–Crippen MR) is 158 cm³/mol. The second kappa shape index (κ2) is 14.1. The van der Waals surface area contributed by atoms with Crippen molar-refractivity contribution in [3.05, 3.63) is 46.5 Å². The van der Waals surface area contributed by atoms with Crippen LogP contribution >= 0.6 is 0 Å². The Morgan fingerprint density at radius 2 is 1.89 bits per heavy atom. The number of aliphatic imine (C=N–C) groups is 2. The van der Waals surface area contributed by atoms with E-state index in [0.717, 1.165) is 38.2 Å². The largest absolute Gasteiger partial charge is 0.369 e. The lowest BCUT2D eigenvalue weighted by Gasteiger charge is -2.43. The number of allylic oxidation sites excluding steroid dienone is 1. The van der Waals surface area contributed by atoms with Crippen LogP contribution in [-0.2, 0) is 32.0 Å². The summed E-state index contributed by atoms with van der Waals surface area (Å²) in [4.78, 5) is 25.4. The van der Waals surface area contributed by atoms with E-state index >= 15 is 0 Å². The highest BCUT2D eigenvalue weighted by Gasteiger charge is 2.37. The number of hydrogen-bond acceptors (Lipinski definition) is 5. The lowest BCUT2D eigenvalue weighted by atomic mass is 9.72. The fourth-order valence-electron chi connectivity index (χ4n) is 4.90. The normalized spacial score (nSPS) is 20.8. The van der Waals surface area contributed by atoms with Gasteiger partial charge in [-0.3, -0.25) is 14.0 Å². The summed E-state index contributed by atoms with van der Waals surface area (Å²) in [5.41, 5.74) is 2.03. The molecule has 38 heavy (non-hydrogen) atoms. The van der Waals surface area contributed by atoms with Gasteiger partial charge in [0.05, 0.1) is 33.8 Å². The minimum absolute atomic E-state index is 0.0643.